The lowest BCUT2D eigenvalue weighted by Gasteiger charge is -2.03. The minimum atomic E-state index is -1.47. The van der Waals surface area contributed by atoms with Crippen molar-refractivity contribution in [3.05, 3.63) is 70.1 Å². The second-order valence-corrected chi connectivity index (χ2v) is 6.13. The fraction of sp³-hybridized carbons (Fsp3) is 0. The number of rotatable bonds is 3. The number of thiophene rings is 1. The van der Waals surface area contributed by atoms with E-state index in [2.05, 4.69) is 0 Å². The van der Waals surface area contributed by atoms with E-state index in [0.717, 1.165) is 29.5 Å². The third kappa shape index (κ3) is 2.96. The van der Waals surface area contributed by atoms with Crippen LogP contribution in [0.4, 0.5) is 17.6 Å². The quantitative estimate of drug-likeness (QED) is 0.524. The summed E-state index contributed by atoms with van der Waals surface area (Å²) < 4.78 is 53.5. The normalized spacial score (nSPS) is 10.9. The van der Waals surface area contributed by atoms with Crippen LogP contribution in [-0.2, 0) is 0 Å². The van der Waals surface area contributed by atoms with Gasteiger partial charge in [0.2, 0.25) is 5.78 Å². The number of carbonyl (C=O) groups is 1. The second-order valence-electron chi connectivity index (χ2n) is 5.04. The van der Waals surface area contributed by atoms with Gasteiger partial charge in [0, 0.05) is 16.0 Å². The second kappa shape index (κ2) is 6.21. The Bertz CT molecular complexity index is 975. The van der Waals surface area contributed by atoms with Gasteiger partial charge in [0.25, 0.3) is 0 Å². The number of hydrogen-bond acceptors (Lipinski definition) is 4. The zero-order valence-corrected chi connectivity index (χ0v) is 13.0. The van der Waals surface area contributed by atoms with E-state index in [1.54, 1.807) is 0 Å². The number of carbonyl (C=O) groups excluding carboxylic acids is 1. The highest BCUT2D eigenvalue weighted by molar-refractivity contribution is 7.17. The molecule has 8 heteroatoms. The standard InChI is InChI=1S/C17H8F4O3S/c18-9-2-1-8(14(20)17(9)24)12-3-4-13(25-12)16(23)7-5-10(19)15(21)11(22)6-7/h1-6,22,24H. The van der Waals surface area contributed by atoms with Gasteiger partial charge in [-0.05, 0) is 36.4 Å². The Labute approximate surface area is 142 Å². The molecule has 0 saturated carbocycles. The summed E-state index contributed by atoms with van der Waals surface area (Å²) in [7, 11) is 0. The molecule has 0 radical (unpaired) electrons. The molecule has 0 fully saturated rings. The van der Waals surface area contributed by atoms with E-state index in [1.807, 2.05) is 0 Å². The Morgan fingerprint density at radius 2 is 1.60 bits per heavy atom. The smallest absolute Gasteiger partial charge is 0.203 e. The summed E-state index contributed by atoms with van der Waals surface area (Å²) in [5.74, 6) is -7.99. The SMILES string of the molecule is O=C(c1cc(O)c(F)c(F)c1)c1ccc(-c2ccc(F)c(O)c2F)s1. The fourth-order valence-electron chi connectivity index (χ4n) is 2.18. The molecule has 1 aromatic heterocycles. The van der Waals surface area contributed by atoms with Crippen molar-refractivity contribution in [2.75, 3.05) is 0 Å². The van der Waals surface area contributed by atoms with Crippen LogP contribution in [0.5, 0.6) is 11.5 Å². The fourth-order valence-corrected chi connectivity index (χ4v) is 3.17. The molecule has 0 unspecified atom stereocenters. The van der Waals surface area contributed by atoms with Crippen molar-refractivity contribution in [2.24, 2.45) is 0 Å². The van der Waals surface area contributed by atoms with Crippen LogP contribution < -0.4 is 0 Å². The highest BCUT2D eigenvalue weighted by Crippen LogP contribution is 2.35. The third-order valence-corrected chi connectivity index (χ3v) is 4.55. The van der Waals surface area contributed by atoms with Crippen molar-refractivity contribution >= 4 is 17.1 Å². The Hall–Kier alpha value is -2.87. The summed E-state index contributed by atoms with van der Waals surface area (Å²) in [4.78, 5) is 12.6. The van der Waals surface area contributed by atoms with Gasteiger partial charge in [-0.3, -0.25) is 4.79 Å². The first-order valence-electron chi connectivity index (χ1n) is 6.79. The van der Waals surface area contributed by atoms with E-state index in [9.17, 15) is 32.6 Å². The lowest BCUT2D eigenvalue weighted by atomic mass is 10.1. The van der Waals surface area contributed by atoms with E-state index in [0.29, 0.717) is 6.07 Å². The molecule has 0 aliphatic rings. The average molecular weight is 368 g/mol. The molecule has 0 aliphatic carbocycles. The van der Waals surface area contributed by atoms with Gasteiger partial charge < -0.3 is 10.2 Å². The molecule has 0 amide bonds. The van der Waals surface area contributed by atoms with Gasteiger partial charge in [0.05, 0.1) is 4.88 Å². The van der Waals surface area contributed by atoms with E-state index in [4.69, 9.17) is 0 Å². The maximum atomic E-state index is 13.9. The van der Waals surface area contributed by atoms with Gasteiger partial charge >= 0.3 is 0 Å². The number of benzene rings is 2. The Balaban J connectivity index is 1.99. The van der Waals surface area contributed by atoms with E-state index >= 15 is 0 Å². The molecule has 1 heterocycles. The van der Waals surface area contributed by atoms with Crippen molar-refractivity contribution in [3.63, 3.8) is 0 Å². The van der Waals surface area contributed by atoms with Crippen molar-refractivity contribution in [1.29, 1.82) is 0 Å². The molecule has 128 valence electrons. The summed E-state index contributed by atoms with van der Waals surface area (Å²) >= 11 is 0.813. The minimum Gasteiger partial charge on any atom is -0.505 e. The number of phenolic OH excluding ortho intramolecular Hbond substituents is 2. The van der Waals surface area contributed by atoms with Crippen LogP contribution in [0, 0.1) is 23.3 Å². The molecule has 2 N–H and O–H groups in total. The van der Waals surface area contributed by atoms with Crippen LogP contribution >= 0.6 is 11.3 Å². The van der Waals surface area contributed by atoms with Crippen molar-refractivity contribution in [3.8, 4) is 21.9 Å². The molecule has 3 aromatic rings. The largest absolute Gasteiger partial charge is 0.505 e. The molecule has 0 aliphatic heterocycles. The van der Waals surface area contributed by atoms with Crippen molar-refractivity contribution in [1.82, 2.24) is 0 Å². The maximum absolute atomic E-state index is 13.9. The molecule has 3 nitrogen and oxygen atoms in total. The molecule has 25 heavy (non-hydrogen) atoms. The van der Waals surface area contributed by atoms with Gasteiger partial charge in [-0.1, -0.05) is 0 Å². The van der Waals surface area contributed by atoms with E-state index in [1.165, 1.54) is 12.1 Å². The first-order valence-corrected chi connectivity index (χ1v) is 7.61. The van der Waals surface area contributed by atoms with Crippen LogP contribution in [-0.4, -0.2) is 16.0 Å². The number of aromatic hydroxyl groups is 2. The molecule has 0 atom stereocenters. The Morgan fingerprint density at radius 1 is 0.880 bits per heavy atom. The summed E-state index contributed by atoms with van der Waals surface area (Å²) in [6.45, 7) is 0. The molecule has 0 bridgehead atoms. The minimum absolute atomic E-state index is 0.0589. The molecular formula is C17H8F4O3S. The first kappa shape index (κ1) is 17.0. The number of ketones is 1. The van der Waals surface area contributed by atoms with Crippen LogP contribution in [0.25, 0.3) is 10.4 Å². The lowest BCUT2D eigenvalue weighted by Crippen LogP contribution is -2.00. The highest BCUT2D eigenvalue weighted by atomic mass is 32.1. The van der Waals surface area contributed by atoms with Gasteiger partial charge in [-0.2, -0.15) is 4.39 Å². The maximum Gasteiger partial charge on any atom is 0.203 e. The highest BCUT2D eigenvalue weighted by Gasteiger charge is 2.20. The molecular weight excluding hydrogens is 360 g/mol. The van der Waals surface area contributed by atoms with Crippen LogP contribution in [0.2, 0.25) is 0 Å². The van der Waals surface area contributed by atoms with Gasteiger partial charge in [-0.15, -0.1) is 11.3 Å². The summed E-state index contributed by atoms with van der Waals surface area (Å²) in [5, 5.41) is 18.6. The zero-order chi connectivity index (χ0) is 18.3. The first-order chi connectivity index (χ1) is 11.8. The van der Waals surface area contributed by atoms with Crippen LogP contribution in [0.15, 0.2) is 36.4 Å². The summed E-state index contributed by atoms with van der Waals surface area (Å²) in [6.07, 6.45) is 0. The monoisotopic (exact) mass is 368 g/mol. The molecule has 0 saturated heterocycles. The van der Waals surface area contributed by atoms with Crippen molar-refractivity contribution in [2.45, 2.75) is 0 Å². The molecule has 2 aromatic carbocycles. The van der Waals surface area contributed by atoms with E-state index < -0.39 is 40.6 Å². The van der Waals surface area contributed by atoms with Gasteiger partial charge in [0.1, 0.15) is 0 Å². The average Bonchev–Trinajstić information content (AvgIpc) is 3.06. The van der Waals surface area contributed by atoms with E-state index in [-0.39, 0.29) is 20.9 Å². The number of phenols is 2. The summed E-state index contributed by atoms with van der Waals surface area (Å²) in [6, 6.07) is 6.09. The van der Waals surface area contributed by atoms with Gasteiger partial charge in [0.15, 0.2) is 34.8 Å². The summed E-state index contributed by atoms with van der Waals surface area (Å²) in [5.41, 5.74) is -0.400. The van der Waals surface area contributed by atoms with Gasteiger partial charge in [-0.25, -0.2) is 13.2 Å². The van der Waals surface area contributed by atoms with Crippen LogP contribution in [0.3, 0.4) is 0 Å². The lowest BCUT2D eigenvalue weighted by molar-refractivity contribution is 0.104. The van der Waals surface area contributed by atoms with Crippen molar-refractivity contribution < 1.29 is 32.6 Å². The predicted octanol–water partition coefficient (Wildman–Crippen LogP) is 4.61. The molecule has 0 spiro atoms. The third-order valence-electron chi connectivity index (χ3n) is 3.43. The Morgan fingerprint density at radius 3 is 2.28 bits per heavy atom. The number of halogens is 4. The van der Waals surface area contributed by atoms with Crippen LogP contribution in [0.1, 0.15) is 15.2 Å². The predicted molar refractivity (Wildman–Crippen MR) is 82.8 cm³/mol. The zero-order valence-electron chi connectivity index (χ0n) is 12.2. The number of hydrogen-bond donors (Lipinski definition) is 2. The topological polar surface area (TPSA) is 57.5 Å². The molecule has 3 rings (SSSR count). The Kier molecular flexibility index (Phi) is 4.22.